The van der Waals surface area contributed by atoms with Crippen molar-refractivity contribution in [3.05, 3.63) is 53.9 Å². The quantitative estimate of drug-likeness (QED) is 0.378. The lowest BCUT2D eigenvalue weighted by Crippen LogP contribution is -2.60. The number of carboxylic acids is 1. The second-order valence-electron chi connectivity index (χ2n) is 7.32. The van der Waals surface area contributed by atoms with Crippen molar-refractivity contribution in [2.75, 3.05) is 5.32 Å². The van der Waals surface area contributed by atoms with E-state index in [0.29, 0.717) is 17.9 Å². The van der Waals surface area contributed by atoms with Crippen molar-refractivity contribution in [1.82, 2.24) is 4.57 Å². The largest absolute Gasteiger partial charge is 0.479 e. The lowest BCUT2D eigenvalue weighted by atomic mass is 9.99. The second kappa shape index (κ2) is 8.12. The third-order valence-corrected chi connectivity index (χ3v) is 5.28. The third kappa shape index (κ3) is 3.91. The average Bonchev–Trinajstić information content (AvgIpc) is 3.32. The molecular weight excluding hydrogens is 412 g/mol. The van der Waals surface area contributed by atoms with Crippen LogP contribution in [0.5, 0.6) is 0 Å². The Morgan fingerprint density at radius 3 is 2.42 bits per heavy atom. The molecule has 1 fully saturated rings. The molecule has 2 aliphatic rings. The van der Waals surface area contributed by atoms with E-state index in [0.717, 1.165) is 0 Å². The van der Waals surface area contributed by atoms with Crippen LogP contribution in [0, 0.1) is 0 Å². The molecule has 1 aromatic heterocycles. The van der Waals surface area contributed by atoms with E-state index < -0.39 is 48.7 Å². The van der Waals surface area contributed by atoms with E-state index in [1.807, 2.05) is 10.8 Å². The number of aliphatic hydroxyl groups excluding tert-OH is 3. The van der Waals surface area contributed by atoms with Crippen molar-refractivity contribution in [3.63, 3.8) is 0 Å². The molecule has 11 nitrogen and oxygen atoms in total. The number of anilines is 1. The van der Waals surface area contributed by atoms with Gasteiger partial charge >= 0.3 is 11.9 Å². The van der Waals surface area contributed by atoms with Gasteiger partial charge in [0.2, 0.25) is 12.1 Å². The highest BCUT2D eigenvalue weighted by atomic mass is 16.7. The number of ether oxygens (including phenoxy) is 2. The first-order valence-electron chi connectivity index (χ1n) is 9.45. The first kappa shape index (κ1) is 21.0. The molecule has 2 aromatic rings. The molecule has 0 amide bonds. The fourth-order valence-corrected chi connectivity index (χ4v) is 3.59. The normalized spacial score (nSPS) is 30.0. The molecule has 2 aliphatic heterocycles. The number of fused-ring (bicyclic) bond motifs is 1. The SMILES string of the molecule is O=C(O[C@@H]1O[C@H](C(=O)O)[C@@H](O)[C@H](O)[C@H]1O)c1ccc(NC2Cn3cccc3C2=O)cc1. The highest BCUT2D eigenvalue weighted by Crippen LogP contribution is 2.24. The number of hydrogen-bond donors (Lipinski definition) is 5. The maximum atomic E-state index is 12.4. The number of carbonyl (C=O) groups excluding carboxylic acids is 2. The number of nitrogens with one attached hydrogen (secondary N) is 1. The van der Waals surface area contributed by atoms with E-state index in [4.69, 9.17) is 14.6 Å². The van der Waals surface area contributed by atoms with Gasteiger partial charge < -0.3 is 39.8 Å². The third-order valence-electron chi connectivity index (χ3n) is 5.28. The maximum Gasteiger partial charge on any atom is 0.340 e. The summed E-state index contributed by atoms with van der Waals surface area (Å²) >= 11 is 0. The van der Waals surface area contributed by atoms with Crippen LogP contribution >= 0.6 is 0 Å². The smallest absolute Gasteiger partial charge is 0.340 e. The van der Waals surface area contributed by atoms with Gasteiger partial charge in [0, 0.05) is 11.9 Å². The first-order valence-corrected chi connectivity index (χ1v) is 9.45. The number of aliphatic hydroxyl groups is 3. The minimum atomic E-state index is -1.88. The Bertz CT molecular complexity index is 1000. The molecular formula is C20H20N2O9. The van der Waals surface area contributed by atoms with Crippen LogP contribution in [0.3, 0.4) is 0 Å². The molecule has 0 saturated carbocycles. The zero-order valence-corrected chi connectivity index (χ0v) is 16.0. The van der Waals surface area contributed by atoms with Crippen molar-refractivity contribution in [3.8, 4) is 0 Å². The summed E-state index contributed by atoms with van der Waals surface area (Å²) in [5.41, 5.74) is 1.28. The topological polar surface area (TPSA) is 168 Å². The van der Waals surface area contributed by atoms with Gasteiger partial charge in [-0.1, -0.05) is 0 Å². The number of Topliss-reactive ketones (excluding diaryl/α,β-unsaturated/α-hetero) is 1. The lowest BCUT2D eigenvalue weighted by Gasteiger charge is -2.37. The molecule has 0 aliphatic carbocycles. The number of nitrogens with zero attached hydrogens (tertiary/aromatic N) is 1. The summed E-state index contributed by atoms with van der Waals surface area (Å²) < 4.78 is 11.8. The summed E-state index contributed by atoms with van der Waals surface area (Å²) in [5.74, 6) is -2.55. The van der Waals surface area contributed by atoms with Gasteiger partial charge in [-0.3, -0.25) is 4.79 Å². The predicted molar refractivity (Wildman–Crippen MR) is 102 cm³/mol. The maximum absolute atomic E-state index is 12.4. The van der Waals surface area contributed by atoms with Crippen molar-refractivity contribution in [2.45, 2.75) is 43.3 Å². The first-order chi connectivity index (χ1) is 14.8. The van der Waals surface area contributed by atoms with Crippen LogP contribution in [-0.2, 0) is 20.8 Å². The van der Waals surface area contributed by atoms with Crippen molar-refractivity contribution in [1.29, 1.82) is 0 Å². The minimum absolute atomic E-state index is 0.0364. The van der Waals surface area contributed by atoms with Gasteiger partial charge in [0.25, 0.3) is 0 Å². The number of esters is 1. The van der Waals surface area contributed by atoms with Gasteiger partial charge in [-0.2, -0.15) is 0 Å². The number of ketones is 1. The van der Waals surface area contributed by atoms with E-state index in [-0.39, 0.29) is 11.3 Å². The molecule has 1 saturated heterocycles. The summed E-state index contributed by atoms with van der Waals surface area (Å²) in [6.45, 7) is 0.487. The molecule has 31 heavy (non-hydrogen) atoms. The van der Waals surface area contributed by atoms with E-state index in [1.165, 1.54) is 12.1 Å². The second-order valence-corrected chi connectivity index (χ2v) is 7.32. The van der Waals surface area contributed by atoms with Crippen molar-refractivity contribution >= 4 is 23.4 Å². The predicted octanol–water partition coefficient (Wildman–Crippen LogP) is -0.786. The molecule has 4 rings (SSSR count). The highest BCUT2D eigenvalue weighted by molar-refractivity contribution is 6.02. The fourth-order valence-electron chi connectivity index (χ4n) is 3.59. The molecule has 6 atom stereocenters. The Labute approximate surface area is 175 Å². The molecule has 3 heterocycles. The van der Waals surface area contributed by atoms with Crippen LogP contribution in [0.25, 0.3) is 0 Å². The Balaban J connectivity index is 1.39. The molecule has 11 heteroatoms. The summed E-state index contributed by atoms with van der Waals surface area (Å²) in [4.78, 5) is 35.8. The van der Waals surface area contributed by atoms with Gasteiger partial charge in [0.15, 0.2) is 6.10 Å². The van der Waals surface area contributed by atoms with Crippen LogP contribution in [-0.4, -0.2) is 79.5 Å². The molecule has 5 N–H and O–H groups in total. The number of hydrogen-bond acceptors (Lipinski definition) is 9. The van der Waals surface area contributed by atoms with E-state index >= 15 is 0 Å². The Morgan fingerprint density at radius 1 is 1.06 bits per heavy atom. The summed E-state index contributed by atoms with van der Waals surface area (Å²) in [6, 6.07) is 9.08. The molecule has 0 spiro atoms. The summed E-state index contributed by atoms with van der Waals surface area (Å²) in [7, 11) is 0. The van der Waals surface area contributed by atoms with Gasteiger partial charge in [0.1, 0.15) is 24.4 Å². The van der Waals surface area contributed by atoms with E-state index in [1.54, 1.807) is 24.3 Å². The Kier molecular flexibility index (Phi) is 5.50. The Hall–Kier alpha value is -3.25. The van der Waals surface area contributed by atoms with Crippen molar-refractivity contribution < 1.29 is 44.3 Å². The molecule has 0 radical (unpaired) electrons. The van der Waals surface area contributed by atoms with Crippen molar-refractivity contribution in [2.24, 2.45) is 0 Å². The monoisotopic (exact) mass is 432 g/mol. The lowest BCUT2D eigenvalue weighted by molar-refractivity contribution is -0.278. The summed E-state index contributed by atoms with van der Waals surface area (Å²) in [6.07, 6.45) is -7.42. The fraction of sp³-hybridized carbons (Fsp3) is 0.350. The number of benzene rings is 1. The zero-order valence-electron chi connectivity index (χ0n) is 16.0. The van der Waals surface area contributed by atoms with Crippen LogP contribution in [0.15, 0.2) is 42.6 Å². The standard InChI is InChI=1S/C20H20N2O9/c23-13-11(8-22-7-1-2-12(13)22)21-10-5-3-9(4-6-10)19(29)31-20-16(26)14(24)15(25)17(30-20)18(27)28/h1-7,11,14-17,20-21,24-26H,8H2,(H,27,28)/t11?,14-,15-,16+,17-,20-/m0/s1. The van der Waals surface area contributed by atoms with Gasteiger partial charge in [-0.25, -0.2) is 9.59 Å². The van der Waals surface area contributed by atoms with Gasteiger partial charge in [-0.05, 0) is 36.4 Å². The molecule has 164 valence electrons. The van der Waals surface area contributed by atoms with Gasteiger partial charge in [-0.15, -0.1) is 0 Å². The Morgan fingerprint density at radius 2 is 1.77 bits per heavy atom. The number of carbonyl (C=O) groups is 3. The molecule has 1 aromatic carbocycles. The van der Waals surface area contributed by atoms with Crippen LogP contribution in [0.2, 0.25) is 0 Å². The van der Waals surface area contributed by atoms with Crippen LogP contribution in [0.4, 0.5) is 5.69 Å². The van der Waals surface area contributed by atoms with Crippen LogP contribution in [0.1, 0.15) is 20.8 Å². The number of carboxylic acid groups (broad SMARTS) is 1. The van der Waals surface area contributed by atoms with E-state index in [2.05, 4.69) is 5.32 Å². The van der Waals surface area contributed by atoms with Gasteiger partial charge in [0.05, 0.1) is 17.8 Å². The average molecular weight is 432 g/mol. The van der Waals surface area contributed by atoms with E-state index in [9.17, 15) is 29.7 Å². The number of aromatic nitrogens is 1. The number of rotatable bonds is 5. The highest BCUT2D eigenvalue weighted by Gasteiger charge is 2.48. The van der Waals surface area contributed by atoms with Crippen LogP contribution < -0.4 is 5.32 Å². The molecule has 0 bridgehead atoms. The summed E-state index contributed by atoms with van der Waals surface area (Å²) in [5, 5.41) is 41.5. The minimum Gasteiger partial charge on any atom is -0.479 e. The zero-order chi connectivity index (χ0) is 22.3. The number of aliphatic carboxylic acids is 1. The molecule has 1 unspecified atom stereocenters.